The van der Waals surface area contributed by atoms with Gasteiger partial charge in [0.2, 0.25) is 11.7 Å². The lowest BCUT2D eigenvalue weighted by atomic mass is 9.71. The van der Waals surface area contributed by atoms with E-state index in [1.54, 1.807) is 11.3 Å². The van der Waals surface area contributed by atoms with Gasteiger partial charge in [0.05, 0.1) is 5.41 Å². The molecule has 0 aliphatic heterocycles. The summed E-state index contributed by atoms with van der Waals surface area (Å²) in [5.41, 5.74) is 8.20. The fourth-order valence-corrected chi connectivity index (χ4v) is 3.78. The number of hydrogen-bond acceptors (Lipinski definition) is 5. The SMILES string of the molecule is Cc1cscc1-c1noc(C2(CN)CCC(C)CC2)n1. The van der Waals surface area contributed by atoms with Crippen molar-refractivity contribution in [3.63, 3.8) is 0 Å². The molecule has 108 valence electrons. The van der Waals surface area contributed by atoms with E-state index in [9.17, 15) is 0 Å². The Kier molecular flexibility index (Phi) is 3.65. The molecule has 0 amide bonds. The van der Waals surface area contributed by atoms with Crippen molar-refractivity contribution in [3.05, 3.63) is 22.2 Å². The van der Waals surface area contributed by atoms with Crippen molar-refractivity contribution < 1.29 is 4.52 Å². The molecule has 0 bridgehead atoms. The van der Waals surface area contributed by atoms with E-state index in [2.05, 4.69) is 34.7 Å². The zero-order chi connectivity index (χ0) is 14.2. The van der Waals surface area contributed by atoms with Crippen LogP contribution >= 0.6 is 11.3 Å². The van der Waals surface area contributed by atoms with Crippen LogP contribution in [-0.2, 0) is 5.41 Å². The van der Waals surface area contributed by atoms with Crippen LogP contribution in [0.5, 0.6) is 0 Å². The first-order valence-electron chi connectivity index (χ1n) is 7.22. The molecular weight excluding hydrogens is 270 g/mol. The number of aryl methyl sites for hydroxylation is 1. The van der Waals surface area contributed by atoms with E-state index in [0.717, 1.165) is 30.2 Å². The van der Waals surface area contributed by atoms with Crippen LogP contribution < -0.4 is 5.73 Å². The molecule has 2 aromatic rings. The molecule has 0 saturated heterocycles. The highest BCUT2D eigenvalue weighted by Gasteiger charge is 2.39. The smallest absolute Gasteiger partial charge is 0.234 e. The molecule has 0 unspecified atom stereocenters. The monoisotopic (exact) mass is 291 g/mol. The summed E-state index contributed by atoms with van der Waals surface area (Å²) in [5, 5.41) is 8.35. The number of thiophene rings is 1. The minimum Gasteiger partial charge on any atom is -0.338 e. The van der Waals surface area contributed by atoms with E-state index in [1.165, 1.54) is 18.4 Å². The minimum atomic E-state index is -0.109. The molecule has 4 nitrogen and oxygen atoms in total. The Bertz CT molecular complexity index is 581. The van der Waals surface area contributed by atoms with Gasteiger partial charge in [-0.1, -0.05) is 12.1 Å². The van der Waals surface area contributed by atoms with Gasteiger partial charge in [0.25, 0.3) is 0 Å². The summed E-state index contributed by atoms with van der Waals surface area (Å²) in [6.45, 7) is 4.96. The zero-order valence-electron chi connectivity index (χ0n) is 12.1. The highest BCUT2D eigenvalue weighted by molar-refractivity contribution is 7.08. The normalized spacial score (nSPS) is 26.9. The lowest BCUT2D eigenvalue weighted by Gasteiger charge is -2.35. The number of nitrogens with zero attached hydrogens (tertiary/aromatic N) is 2. The average Bonchev–Trinajstić information content (AvgIpc) is 3.09. The molecule has 2 aromatic heterocycles. The Morgan fingerprint density at radius 3 is 2.75 bits per heavy atom. The molecule has 0 spiro atoms. The quantitative estimate of drug-likeness (QED) is 0.939. The molecular formula is C15H21N3OS. The van der Waals surface area contributed by atoms with Gasteiger partial charge in [0.1, 0.15) is 0 Å². The zero-order valence-corrected chi connectivity index (χ0v) is 12.9. The average molecular weight is 291 g/mol. The molecule has 2 N–H and O–H groups in total. The Hall–Kier alpha value is -1.20. The third kappa shape index (κ3) is 2.29. The van der Waals surface area contributed by atoms with Crippen LogP contribution in [0.15, 0.2) is 15.3 Å². The first kappa shape index (κ1) is 13.8. The van der Waals surface area contributed by atoms with E-state index in [0.29, 0.717) is 12.4 Å². The number of rotatable bonds is 3. The summed E-state index contributed by atoms with van der Waals surface area (Å²) < 4.78 is 5.58. The summed E-state index contributed by atoms with van der Waals surface area (Å²) in [5.74, 6) is 2.20. The van der Waals surface area contributed by atoms with Gasteiger partial charge in [-0.2, -0.15) is 16.3 Å². The highest BCUT2D eigenvalue weighted by atomic mass is 32.1. The van der Waals surface area contributed by atoms with Gasteiger partial charge in [0, 0.05) is 17.5 Å². The van der Waals surface area contributed by atoms with Gasteiger partial charge in [-0.3, -0.25) is 0 Å². The standard InChI is InChI=1S/C15H21N3OS/c1-10-3-5-15(9-16,6-4-10)14-17-13(18-19-14)12-8-20-7-11(12)2/h7-8,10H,3-6,9,16H2,1-2H3. The maximum atomic E-state index is 6.05. The lowest BCUT2D eigenvalue weighted by molar-refractivity contribution is 0.191. The summed E-state index contributed by atoms with van der Waals surface area (Å²) >= 11 is 1.66. The summed E-state index contributed by atoms with van der Waals surface area (Å²) in [6.07, 6.45) is 4.47. The van der Waals surface area contributed by atoms with Crippen LogP contribution in [0, 0.1) is 12.8 Å². The molecule has 5 heteroatoms. The highest BCUT2D eigenvalue weighted by Crippen LogP contribution is 2.40. The second-order valence-corrected chi connectivity index (χ2v) is 6.80. The number of aromatic nitrogens is 2. The molecule has 0 aromatic carbocycles. The van der Waals surface area contributed by atoms with Gasteiger partial charge < -0.3 is 10.3 Å². The van der Waals surface area contributed by atoms with Crippen LogP contribution in [0.1, 0.15) is 44.1 Å². The Labute approximate surface area is 123 Å². The predicted molar refractivity (Wildman–Crippen MR) is 80.7 cm³/mol. The molecule has 1 aliphatic rings. The number of nitrogens with two attached hydrogens (primary N) is 1. The van der Waals surface area contributed by atoms with Crippen molar-refractivity contribution in [3.8, 4) is 11.4 Å². The van der Waals surface area contributed by atoms with Crippen molar-refractivity contribution in [2.75, 3.05) is 6.54 Å². The van der Waals surface area contributed by atoms with E-state index < -0.39 is 0 Å². The predicted octanol–water partition coefficient (Wildman–Crippen LogP) is 3.51. The summed E-state index contributed by atoms with van der Waals surface area (Å²) in [4.78, 5) is 4.65. The van der Waals surface area contributed by atoms with E-state index in [-0.39, 0.29) is 5.41 Å². The molecule has 0 radical (unpaired) electrons. The topological polar surface area (TPSA) is 64.9 Å². The maximum Gasteiger partial charge on any atom is 0.234 e. The third-order valence-electron chi connectivity index (χ3n) is 4.60. The maximum absolute atomic E-state index is 6.05. The fraction of sp³-hybridized carbons (Fsp3) is 0.600. The Morgan fingerprint density at radius 1 is 1.40 bits per heavy atom. The number of hydrogen-bond donors (Lipinski definition) is 1. The molecule has 1 saturated carbocycles. The molecule has 0 atom stereocenters. The first-order chi connectivity index (χ1) is 9.64. The van der Waals surface area contributed by atoms with E-state index >= 15 is 0 Å². The Morgan fingerprint density at radius 2 is 2.15 bits per heavy atom. The van der Waals surface area contributed by atoms with Crippen LogP contribution in [0.25, 0.3) is 11.4 Å². The molecule has 3 rings (SSSR count). The van der Waals surface area contributed by atoms with Crippen LogP contribution in [0.4, 0.5) is 0 Å². The lowest BCUT2D eigenvalue weighted by Crippen LogP contribution is -2.39. The third-order valence-corrected chi connectivity index (χ3v) is 5.46. The van der Waals surface area contributed by atoms with Gasteiger partial charge in [-0.15, -0.1) is 0 Å². The van der Waals surface area contributed by atoms with E-state index in [4.69, 9.17) is 10.3 Å². The largest absolute Gasteiger partial charge is 0.338 e. The van der Waals surface area contributed by atoms with Crippen molar-refractivity contribution in [2.45, 2.75) is 44.9 Å². The van der Waals surface area contributed by atoms with E-state index in [1.807, 2.05) is 0 Å². The van der Waals surface area contributed by atoms with Crippen molar-refractivity contribution >= 4 is 11.3 Å². The molecule has 1 fully saturated rings. The van der Waals surface area contributed by atoms with Crippen LogP contribution in [-0.4, -0.2) is 16.7 Å². The second kappa shape index (κ2) is 5.30. The summed E-state index contributed by atoms with van der Waals surface area (Å²) in [7, 11) is 0. The Balaban J connectivity index is 1.91. The minimum absolute atomic E-state index is 0.109. The summed E-state index contributed by atoms with van der Waals surface area (Å²) in [6, 6.07) is 0. The van der Waals surface area contributed by atoms with Crippen molar-refractivity contribution in [2.24, 2.45) is 11.7 Å². The van der Waals surface area contributed by atoms with Crippen molar-refractivity contribution in [1.82, 2.24) is 10.1 Å². The molecule has 1 aliphatic carbocycles. The fourth-order valence-electron chi connectivity index (χ4n) is 2.96. The first-order valence-corrected chi connectivity index (χ1v) is 8.16. The van der Waals surface area contributed by atoms with Gasteiger partial charge in [0.15, 0.2) is 0 Å². The van der Waals surface area contributed by atoms with Gasteiger partial charge >= 0.3 is 0 Å². The van der Waals surface area contributed by atoms with Crippen LogP contribution in [0.2, 0.25) is 0 Å². The van der Waals surface area contributed by atoms with Crippen molar-refractivity contribution in [1.29, 1.82) is 0 Å². The molecule has 2 heterocycles. The van der Waals surface area contributed by atoms with Gasteiger partial charge in [-0.05, 0) is 49.5 Å². The molecule has 20 heavy (non-hydrogen) atoms. The second-order valence-electron chi connectivity index (χ2n) is 6.06. The van der Waals surface area contributed by atoms with Gasteiger partial charge in [-0.25, -0.2) is 0 Å². The van der Waals surface area contributed by atoms with Crippen LogP contribution in [0.3, 0.4) is 0 Å².